The zero-order valence-electron chi connectivity index (χ0n) is 14.1. The lowest BCUT2D eigenvalue weighted by Crippen LogP contribution is -2.45. The third-order valence-electron chi connectivity index (χ3n) is 3.63. The Balaban J connectivity index is 2.94. The fourth-order valence-electron chi connectivity index (χ4n) is 2.06. The van der Waals surface area contributed by atoms with E-state index in [1.807, 2.05) is 0 Å². The maximum Gasteiger partial charge on any atom is 0.319 e. The van der Waals surface area contributed by atoms with Crippen LogP contribution in [-0.2, 0) is 14.8 Å². The quantitative estimate of drug-likeness (QED) is 0.614. The highest BCUT2D eigenvalue weighted by molar-refractivity contribution is 7.89. The van der Waals surface area contributed by atoms with Gasteiger partial charge in [0.1, 0.15) is 0 Å². The third-order valence-corrected chi connectivity index (χ3v) is 4.53. The van der Waals surface area contributed by atoms with Gasteiger partial charge in [-0.15, -0.1) is 0 Å². The first-order valence-corrected chi connectivity index (χ1v) is 8.81. The minimum atomic E-state index is -3.89. The number of amides is 2. The van der Waals surface area contributed by atoms with Gasteiger partial charge in [-0.2, -0.15) is 0 Å². The molecule has 0 radical (unpaired) electrons. The number of aliphatic carboxylic acids is 1. The van der Waals surface area contributed by atoms with Crippen molar-refractivity contribution in [1.82, 2.24) is 5.32 Å². The number of nitrogens with one attached hydrogen (secondary N) is 2. The monoisotopic (exact) mass is 357 g/mol. The largest absolute Gasteiger partial charge is 0.481 e. The molecule has 0 atom stereocenters. The van der Waals surface area contributed by atoms with Crippen LogP contribution < -0.4 is 15.8 Å². The van der Waals surface area contributed by atoms with Gasteiger partial charge in [-0.25, -0.2) is 18.4 Å². The van der Waals surface area contributed by atoms with Crippen LogP contribution >= 0.6 is 0 Å². The predicted molar refractivity (Wildman–Crippen MR) is 90.4 cm³/mol. The molecule has 1 aromatic carbocycles. The first-order chi connectivity index (χ1) is 10.8. The summed E-state index contributed by atoms with van der Waals surface area (Å²) in [4.78, 5) is 22.7. The van der Waals surface area contributed by atoms with E-state index in [9.17, 15) is 18.0 Å². The normalized spacial score (nSPS) is 11.9. The average Bonchev–Trinajstić information content (AvgIpc) is 2.39. The number of urea groups is 1. The zero-order chi connectivity index (χ0) is 18.7. The van der Waals surface area contributed by atoms with E-state index in [0.717, 1.165) is 0 Å². The van der Waals surface area contributed by atoms with Gasteiger partial charge in [-0.1, -0.05) is 0 Å². The molecule has 9 heteroatoms. The summed E-state index contributed by atoms with van der Waals surface area (Å²) in [5, 5.41) is 19.1. The Bertz CT molecular complexity index is 757. The van der Waals surface area contributed by atoms with Crippen molar-refractivity contribution >= 4 is 27.7 Å². The standard InChI is InChI=1S/C15H23N3O5S/c1-9-7-11(24(16,22)23)8-12(10(9)2)17-14(21)18-15(3,4)6-5-13(19)20/h7-8H,5-6H2,1-4H3,(H,19,20)(H2,16,22,23)(H2,17,18,21). The SMILES string of the molecule is Cc1cc(S(N)(=O)=O)cc(NC(=O)NC(C)(C)CCC(=O)O)c1C. The Morgan fingerprint density at radius 3 is 2.33 bits per heavy atom. The van der Waals surface area contributed by atoms with Gasteiger partial charge in [0.15, 0.2) is 0 Å². The van der Waals surface area contributed by atoms with Crippen LogP contribution in [0.3, 0.4) is 0 Å². The molecule has 0 aromatic heterocycles. The van der Waals surface area contributed by atoms with Crippen LogP contribution in [0.2, 0.25) is 0 Å². The van der Waals surface area contributed by atoms with Gasteiger partial charge in [0.25, 0.3) is 0 Å². The highest BCUT2D eigenvalue weighted by atomic mass is 32.2. The fourth-order valence-corrected chi connectivity index (χ4v) is 2.69. The van der Waals surface area contributed by atoms with Crippen LogP contribution in [0.4, 0.5) is 10.5 Å². The van der Waals surface area contributed by atoms with Crippen molar-refractivity contribution in [2.24, 2.45) is 5.14 Å². The van der Waals surface area contributed by atoms with Gasteiger partial charge in [0.05, 0.1) is 4.90 Å². The number of carboxylic acid groups (broad SMARTS) is 1. The Kier molecular flexibility index (Phi) is 5.96. The number of benzene rings is 1. The molecule has 1 aromatic rings. The van der Waals surface area contributed by atoms with Crippen molar-refractivity contribution < 1.29 is 23.1 Å². The summed E-state index contributed by atoms with van der Waals surface area (Å²) in [5.74, 6) is -0.947. The minimum Gasteiger partial charge on any atom is -0.481 e. The van der Waals surface area contributed by atoms with Crippen LogP contribution in [0.15, 0.2) is 17.0 Å². The number of carboxylic acids is 1. The molecule has 0 heterocycles. The van der Waals surface area contributed by atoms with Gasteiger partial charge in [0.2, 0.25) is 10.0 Å². The fraction of sp³-hybridized carbons (Fsp3) is 0.467. The molecule has 0 aliphatic heterocycles. The number of hydrogen-bond donors (Lipinski definition) is 4. The van der Waals surface area contributed by atoms with Crippen molar-refractivity contribution in [3.63, 3.8) is 0 Å². The molecule has 0 aliphatic rings. The molecule has 134 valence electrons. The number of nitrogens with two attached hydrogens (primary N) is 1. The van der Waals surface area contributed by atoms with Crippen LogP contribution in [0, 0.1) is 13.8 Å². The maximum absolute atomic E-state index is 12.1. The van der Waals surface area contributed by atoms with Crippen molar-refractivity contribution in [2.45, 2.75) is 51.0 Å². The second-order valence-corrected chi connectivity index (χ2v) is 7.88. The van der Waals surface area contributed by atoms with Crippen molar-refractivity contribution in [2.75, 3.05) is 5.32 Å². The van der Waals surface area contributed by atoms with E-state index >= 15 is 0 Å². The van der Waals surface area contributed by atoms with Gasteiger partial charge in [-0.05, 0) is 57.4 Å². The molecule has 24 heavy (non-hydrogen) atoms. The second kappa shape index (κ2) is 7.18. The van der Waals surface area contributed by atoms with E-state index in [-0.39, 0.29) is 17.7 Å². The minimum absolute atomic E-state index is 0.0771. The van der Waals surface area contributed by atoms with Crippen molar-refractivity contribution in [3.8, 4) is 0 Å². The number of anilines is 1. The summed E-state index contributed by atoms with van der Waals surface area (Å²) in [6, 6.07) is 2.17. The molecule has 0 unspecified atom stereocenters. The van der Waals surface area contributed by atoms with Crippen LogP contribution in [0.5, 0.6) is 0 Å². The number of sulfonamides is 1. The third kappa shape index (κ3) is 5.82. The van der Waals surface area contributed by atoms with Gasteiger partial charge >= 0.3 is 12.0 Å². The van der Waals surface area contributed by atoms with Crippen LogP contribution in [0.1, 0.15) is 37.8 Å². The molecule has 0 aliphatic carbocycles. The maximum atomic E-state index is 12.1. The molecule has 2 amide bonds. The zero-order valence-corrected chi connectivity index (χ0v) is 15.0. The molecule has 0 spiro atoms. The molecule has 8 nitrogen and oxygen atoms in total. The Labute approximate surface area is 141 Å². The molecule has 0 saturated heterocycles. The van der Waals surface area contributed by atoms with E-state index in [1.165, 1.54) is 12.1 Å². The molecular formula is C15H23N3O5S. The summed E-state index contributed by atoms with van der Waals surface area (Å²) < 4.78 is 23.0. The number of carbonyl (C=O) groups is 2. The van der Waals surface area contributed by atoms with Crippen molar-refractivity contribution in [3.05, 3.63) is 23.3 Å². The van der Waals surface area contributed by atoms with Crippen LogP contribution in [0.25, 0.3) is 0 Å². The summed E-state index contributed by atoms with van der Waals surface area (Å²) in [6.07, 6.45) is 0.178. The number of aryl methyl sites for hydroxylation is 1. The van der Waals surface area contributed by atoms with Gasteiger partial charge < -0.3 is 15.7 Å². The van der Waals surface area contributed by atoms with E-state index < -0.39 is 27.6 Å². The molecule has 0 saturated carbocycles. The number of hydrogen-bond acceptors (Lipinski definition) is 4. The number of rotatable bonds is 6. The second-order valence-electron chi connectivity index (χ2n) is 6.31. The average molecular weight is 357 g/mol. The highest BCUT2D eigenvalue weighted by Gasteiger charge is 2.22. The summed E-state index contributed by atoms with van der Waals surface area (Å²) in [6.45, 7) is 6.86. The Morgan fingerprint density at radius 2 is 1.83 bits per heavy atom. The Morgan fingerprint density at radius 1 is 1.25 bits per heavy atom. The lowest BCUT2D eigenvalue weighted by Gasteiger charge is -2.26. The van der Waals surface area contributed by atoms with E-state index in [4.69, 9.17) is 10.2 Å². The summed E-state index contributed by atoms with van der Waals surface area (Å²) in [5.41, 5.74) is 0.969. The lowest BCUT2D eigenvalue weighted by atomic mass is 9.99. The van der Waals surface area contributed by atoms with Crippen molar-refractivity contribution in [1.29, 1.82) is 0 Å². The molecule has 0 fully saturated rings. The molecular weight excluding hydrogens is 334 g/mol. The van der Waals surface area contributed by atoms with Gasteiger partial charge in [-0.3, -0.25) is 4.79 Å². The summed E-state index contributed by atoms with van der Waals surface area (Å²) >= 11 is 0. The number of carbonyl (C=O) groups excluding carboxylic acids is 1. The molecule has 5 N–H and O–H groups in total. The predicted octanol–water partition coefficient (Wildman–Crippen LogP) is 1.72. The molecule has 1 rings (SSSR count). The van der Waals surface area contributed by atoms with Crippen LogP contribution in [-0.4, -0.2) is 31.1 Å². The van der Waals surface area contributed by atoms with E-state index in [1.54, 1.807) is 27.7 Å². The van der Waals surface area contributed by atoms with Gasteiger partial charge in [0, 0.05) is 17.6 Å². The topological polar surface area (TPSA) is 139 Å². The van der Waals surface area contributed by atoms with E-state index in [2.05, 4.69) is 10.6 Å². The molecule has 0 bridgehead atoms. The first kappa shape index (κ1) is 19.9. The number of primary sulfonamides is 1. The Hall–Kier alpha value is -2.13. The lowest BCUT2D eigenvalue weighted by molar-refractivity contribution is -0.137. The first-order valence-electron chi connectivity index (χ1n) is 7.27. The highest BCUT2D eigenvalue weighted by Crippen LogP contribution is 2.23. The van der Waals surface area contributed by atoms with E-state index in [0.29, 0.717) is 16.8 Å². The smallest absolute Gasteiger partial charge is 0.319 e. The summed E-state index contributed by atoms with van der Waals surface area (Å²) in [7, 11) is -3.89.